The van der Waals surface area contributed by atoms with E-state index >= 15 is 0 Å². The smallest absolute Gasteiger partial charge is 0.394 e. The van der Waals surface area contributed by atoms with Crippen molar-refractivity contribution in [3.05, 3.63) is 60.2 Å². The molecule has 2 aromatic carbocycles. The number of hydrogen-bond acceptors (Lipinski definition) is 4. The normalized spacial score (nSPS) is 10.9. The maximum atomic E-state index is 5.53. The van der Waals surface area contributed by atoms with Gasteiger partial charge in [-0.25, -0.2) is 0 Å². The molecule has 0 amide bonds. The standard InChI is InChI=1S/C17H18N2O2/c1-2-7-14(8-3-1)13-18-11-6-12-20-17-19-15-9-4-5-10-16(15)21-17/h1-5,7-10,18H,6,11-13H2. The van der Waals surface area contributed by atoms with Gasteiger partial charge in [0, 0.05) is 6.54 Å². The lowest BCUT2D eigenvalue weighted by atomic mass is 10.2. The molecule has 0 radical (unpaired) electrons. The van der Waals surface area contributed by atoms with E-state index in [1.165, 1.54) is 5.56 Å². The first-order valence-electron chi connectivity index (χ1n) is 7.15. The van der Waals surface area contributed by atoms with Gasteiger partial charge in [0.1, 0.15) is 5.52 Å². The van der Waals surface area contributed by atoms with Gasteiger partial charge >= 0.3 is 6.08 Å². The number of fused-ring (bicyclic) bond motifs is 1. The number of nitrogens with one attached hydrogen (secondary N) is 1. The predicted octanol–water partition coefficient (Wildman–Crippen LogP) is 3.39. The molecule has 3 aromatic rings. The van der Waals surface area contributed by atoms with Crippen molar-refractivity contribution in [1.29, 1.82) is 0 Å². The van der Waals surface area contributed by atoms with Crippen LogP contribution in [0.2, 0.25) is 0 Å². The van der Waals surface area contributed by atoms with Crippen LogP contribution in [0.4, 0.5) is 0 Å². The Labute approximate surface area is 123 Å². The Balaban J connectivity index is 1.36. The fraction of sp³-hybridized carbons (Fsp3) is 0.235. The zero-order valence-electron chi connectivity index (χ0n) is 11.8. The average Bonchev–Trinajstić information content (AvgIpc) is 2.94. The molecule has 1 heterocycles. The molecule has 3 rings (SSSR count). The molecule has 0 saturated carbocycles. The number of rotatable bonds is 7. The molecule has 1 aromatic heterocycles. The van der Waals surface area contributed by atoms with Gasteiger partial charge in [-0.05, 0) is 30.7 Å². The van der Waals surface area contributed by atoms with E-state index < -0.39 is 0 Å². The van der Waals surface area contributed by atoms with Crippen molar-refractivity contribution in [2.45, 2.75) is 13.0 Å². The third kappa shape index (κ3) is 3.83. The summed E-state index contributed by atoms with van der Waals surface area (Å²) in [5.41, 5.74) is 2.88. The summed E-state index contributed by atoms with van der Waals surface area (Å²) in [5, 5.41) is 3.38. The monoisotopic (exact) mass is 282 g/mol. The lowest BCUT2D eigenvalue weighted by molar-refractivity contribution is 0.232. The first-order valence-corrected chi connectivity index (χ1v) is 7.15. The summed E-state index contributed by atoms with van der Waals surface area (Å²) in [6.07, 6.45) is 1.25. The van der Waals surface area contributed by atoms with E-state index in [-0.39, 0.29) is 0 Å². The summed E-state index contributed by atoms with van der Waals surface area (Å²) in [6, 6.07) is 18.0. The van der Waals surface area contributed by atoms with Gasteiger partial charge in [0.25, 0.3) is 0 Å². The van der Waals surface area contributed by atoms with Crippen molar-refractivity contribution < 1.29 is 9.15 Å². The van der Waals surface area contributed by atoms with E-state index in [4.69, 9.17) is 9.15 Å². The van der Waals surface area contributed by atoms with Crippen LogP contribution in [0, 0.1) is 0 Å². The number of hydrogen-bond donors (Lipinski definition) is 1. The molecule has 0 fully saturated rings. The highest BCUT2D eigenvalue weighted by Crippen LogP contribution is 2.19. The maximum absolute atomic E-state index is 5.53. The van der Waals surface area contributed by atoms with Crippen LogP contribution >= 0.6 is 0 Å². The number of nitrogens with zero attached hydrogens (tertiary/aromatic N) is 1. The van der Waals surface area contributed by atoms with Crippen LogP contribution < -0.4 is 10.1 Å². The fourth-order valence-electron chi connectivity index (χ4n) is 2.10. The molecule has 0 aliphatic rings. The highest BCUT2D eigenvalue weighted by molar-refractivity contribution is 5.72. The SMILES string of the molecule is c1ccc(CNCCCOc2nc3ccccc3o2)cc1. The molecule has 0 unspecified atom stereocenters. The Kier molecular flexibility index (Phi) is 4.49. The van der Waals surface area contributed by atoms with Crippen molar-refractivity contribution in [3.8, 4) is 6.08 Å². The second kappa shape index (κ2) is 6.90. The van der Waals surface area contributed by atoms with Crippen molar-refractivity contribution in [3.63, 3.8) is 0 Å². The minimum absolute atomic E-state index is 0.347. The molecule has 1 N–H and O–H groups in total. The third-order valence-electron chi connectivity index (χ3n) is 3.17. The van der Waals surface area contributed by atoms with E-state index in [0.29, 0.717) is 12.7 Å². The molecule has 108 valence electrons. The molecule has 0 spiro atoms. The minimum atomic E-state index is 0.347. The maximum Gasteiger partial charge on any atom is 0.394 e. The molecule has 0 saturated heterocycles. The summed E-state index contributed by atoms with van der Waals surface area (Å²) in [4.78, 5) is 4.27. The number of oxazole rings is 1. The number of para-hydroxylation sites is 2. The van der Waals surface area contributed by atoms with Crippen LogP contribution in [0.5, 0.6) is 6.08 Å². The molecule has 4 nitrogen and oxygen atoms in total. The molecular weight excluding hydrogens is 264 g/mol. The third-order valence-corrected chi connectivity index (χ3v) is 3.17. The fourth-order valence-corrected chi connectivity index (χ4v) is 2.10. The van der Waals surface area contributed by atoms with Gasteiger partial charge in [-0.1, -0.05) is 42.5 Å². The minimum Gasteiger partial charge on any atom is -0.450 e. The summed E-state index contributed by atoms with van der Waals surface area (Å²) < 4.78 is 11.0. The van der Waals surface area contributed by atoms with Crippen molar-refractivity contribution in [2.75, 3.05) is 13.2 Å². The highest BCUT2D eigenvalue weighted by Gasteiger charge is 2.05. The van der Waals surface area contributed by atoms with Crippen LogP contribution in [0.3, 0.4) is 0 Å². The Morgan fingerprint density at radius 1 is 1.00 bits per heavy atom. The van der Waals surface area contributed by atoms with Crippen LogP contribution in [0.1, 0.15) is 12.0 Å². The lowest BCUT2D eigenvalue weighted by Crippen LogP contribution is -2.16. The lowest BCUT2D eigenvalue weighted by Gasteiger charge is -2.04. The van der Waals surface area contributed by atoms with Crippen molar-refractivity contribution >= 4 is 11.1 Å². The van der Waals surface area contributed by atoms with Crippen molar-refractivity contribution in [1.82, 2.24) is 10.3 Å². The Morgan fingerprint density at radius 3 is 2.67 bits per heavy atom. The first-order chi connectivity index (χ1) is 10.4. The molecule has 0 atom stereocenters. The number of benzene rings is 2. The largest absolute Gasteiger partial charge is 0.450 e. The van der Waals surface area contributed by atoms with Gasteiger partial charge in [-0.2, -0.15) is 4.98 Å². The predicted molar refractivity (Wildman–Crippen MR) is 82.3 cm³/mol. The quantitative estimate of drug-likeness (QED) is 0.675. The second-order valence-electron chi connectivity index (χ2n) is 4.81. The molecule has 0 aliphatic carbocycles. The molecular formula is C17H18N2O2. The van der Waals surface area contributed by atoms with Crippen LogP contribution in [-0.2, 0) is 6.54 Å². The zero-order chi connectivity index (χ0) is 14.3. The van der Waals surface area contributed by atoms with Gasteiger partial charge in [0.2, 0.25) is 0 Å². The summed E-state index contributed by atoms with van der Waals surface area (Å²) in [5.74, 6) is 0. The van der Waals surface area contributed by atoms with E-state index in [2.05, 4.69) is 22.4 Å². The van der Waals surface area contributed by atoms with Gasteiger partial charge < -0.3 is 14.5 Å². The van der Waals surface area contributed by atoms with E-state index in [1.807, 2.05) is 42.5 Å². The van der Waals surface area contributed by atoms with Gasteiger partial charge in [-0.15, -0.1) is 0 Å². The van der Waals surface area contributed by atoms with Crippen LogP contribution in [0.25, 0.3) is 11.1 Å². The van der Waals surface area contributed by atoms with E-state index in [1.54, 1.807) is 0 Å². The van der Waals surface area contributed by atoms with Gasteiger partial charge in [0.05, 0.1) is 6.61 Å². The summed E-state index contributed by atoms with van der Waals surface area (Å²) >= 11 is 0. The Morgan fingerprint density at radius 2 is 1.81 bits per heavy atom. The number of aromatic nitrogens is 1. The Bertz CT molecular complexity index is 646. The first kappa shape index (κ1) is 13.6. The summed E-state index contributed by atoms with van der Waals surface area (Å²) in [6.45, 7) is 2.37. The average molecular weight is 282 g/mol. The summed E-state index contributed by atoms with van der Waals surface area (Å²) in [7, 11) is 0. The van der Waals surface area contributed by atoms with E-state index in [9.17, 15) is 0 Å². The molecule has 4 heteroatoms. The Hall–Kier alpha value is -2.33. The van der Waals surface area contributed by atoms with Gasteiger partial charge in [0.15, 0.2) is 5.58 Å². The molecule has 0 bridgehead atoms. The molecule has 21 heavy (non-hydrogen) atoms. The number of ether oxygens (including phenoxy) is 1. The van der Waals surface area contributed by atoms with E-state index in [0.717, 1.165) is 30.6 Å². The van der Waals surface area contributed by atoms with Crippen LogP contribution in [0.15, 0.2) is 59.0 Å². The molecule has 0 aliphatic heterocycles. The van der Waals surface area contributed by atoms with Crippen molar-refractivity contribution in [2.24, 2.45) is 0 Å². The topological polar surface area (TPSA) is 47.3 Å². The van der Waals surface area contributed by atoms with Gasteiger partial charge in [-0.3, -0.25) is 0 Å². The zero-order valence-corrected chi connectivity index (χ0v) is 11.8. The van der Waals surface area contributed by atoms with Crippen LogP contribution in [-0.4, -0.2) is 18.1 Å². The second-order valence-corrected chi connectivity index (χ2v) is 4.81. The highest BCUT2D eigenvalue weighted by atomic mass is 16.6.